The zero-order valence-electron chi connectivity index (χ0n) is 12.7. The number of halogens is 1. The van der Waals surface area contributed by atoms with Crippen molar-refractivity contribution >= 4 is 17.2 Å². The van der Waals surface area contributed by atoms with E-state index in [0.29, 0.717) is 18.1 Å². The van der Waals surface area contributed by atoms with Crippen LogP contribution in [0.3, 0.4) is 0 Å². The Morgan fingerprint density at radius 1 is 1.13 bits per heavy atom. The number of nitrogen functional groups attached to an aromatic ring is 1. The Labute approximate surface area is 140 Å². The molecule has 118 valence electrons. The Balaban J connectivity index is 0.00000192. The molecule has 23 heavy (non-hydrogen) atoms. The van der Waals surface area contributed by atoms with Gasteiger partial charge in [-0.2, -0.15) is 10.2 Å². The van der Waals surface area contributed by atoms with Crippen LogP contribution in [-0.2, 0) is 13.6 Å². The van der Waals surface area contributed by atoms with E-state index in [4.69, 9.17) is 5.73 Å². The normalized spacial score (nSPS) is 10.7. The molecule has 1 aromatic carbocycles. The lowest BCUT2D eigenvalue weighted by Gasteiger charge is -2.02. The van der Waals surface area contributed by atoms with Crippen LogP contribution in [-0.4, -0.2) is 9.78 Å². The number of rotatable bonds is 4. The third kappa shape index (κ3) is 4.14. The minimum atomic E-state index is 0. The van der Waals surface area contributed by atoms with Crippen LogP contribution in [0, 0.1) is 0 Å². The summed E-state index contributed by atoms with van der Waals surface area (Å²) in [6.07, 6.45) is 5.65. The summed E-state index contributed by atoms with van der Waals surface area (Å²) in [5.74, 6) is 0.506. The summed E-state index contributed by atoms with van der Waals surface area (Å²) in [4.78, 5) is 0. The van der Waals surface area contributed by atoms with Crippen LogP contribution in [0.4, 0.5) is 17.2 Å². The van der Waals surface area contributed by atoms with Crippen LogP contribution in [0.1, 0.15) is 5.56 Å². The Morgan fingerprint density at radius 3 is 2.65 bits per heavy atom. The molecule has 3 aromatic rings. The zero-order valence-corrected chi connectivity index (χ0v) is 13.4. The molecule has 0 atom stereocenters. The van der Waals surface area contributed by atoms with E-state index in [1.165, 1.54) is 0 Å². The van der Waals surface area contributed by atoms with Gasteiger partial charge in [-0.1, -0.05) is 18.2 Å². The van der Waals surface area contributed by atoms with Gasteiger partial charge < -0.3 is 18.1 Å². The minimum absolute atomic E-state index is 0. The lowest BCUT2D eigenvalue weighted by molar-refractivity contribution is -0.671. The molecule has 0 unspecified atom stereocenters. The molecule has 0 saturated carbocycles. The quantitative estimate of drug-likeness (QED) is 0.530. The smallest absolute Gasteiger partial charge is 0.173 e. The number of hydrogen-bond donors (Lipinski definition) is 1. The van der Waals surface area contributed by atoms with Gasteiger partial charge in [-0.15, -0.1) is 5.11 Å². The van der Waals surface area contributed by atoms with E-state index >= 15 is 0 Å². The molecule has 0 aliphatic rings. The van der Waals surface area contributed by atoms with Crippen LogP contribution in [0.15, 0.2) is 71.3 Å². The predicted molar refractivity (Wildman–Crippen MR) is 84.0 cm³/mol. The van der Waals surface area contributed by atoms with Crippen molar-refractivity contribution in [3.63, 3.8) is 0 Å². The third-order valence-corrected chi connectivity index (χ3v) is 3.22. The molecule has 0 radical (unpaired) electrons. The van der Waals surface area contributed by atoms with Gasteiger partial charge in [0.1, 0.15) is 18.6 Å². The number of azo groups is 1. The SMILES string of the molecule is C[n+]1cccc(Cn2ncc(N=Nc3ccccc3)c2N)c1.[Cl-]. The van der Waals surface area contributed by atoms with Gasteiger partial charge in [0, 0.05) is 11.6 Å². The lowest BCUT2D eigenvalue weighted by atomic mass is 10.3. The molecule has 0 saturated heterocycles. The summed E-state index contributed by atoms with van der Waals surface area (Å²) in [6.45, 7) is 0.599. The summed E-state index contributed by atoms with van der Waals surface area (Å²) < 4.78 is 3.71. The average molecular weight is 329 g/mol. The van der Waals surface area contributed by atoms with Gasteiger partial charge in [0.15, 0.2) is 12.4 Å². The first kappa shape index (κ1) is 16.6. The summed E-state index contributed by atoms with van der Waals surface area (Å²) in [5, 5.41) is 12.6. The highest BCUT2D eigenvalue weighted by atomic mass is 35.5. The second-order valence-electron chi connectivity index (χ2n) is 4.99. The van der Waals surface area contributed by atoms with E-state index in [-0.39, 0.29) is 12.4 Å². The Hall–Kier alpha value is -2.73. The van der Waals surface area contributed by atoms with Crippen molar-refractivity contribution in [1.29, 1.82) is 0 Å². The number of aromatic nitrogens is 3. The molecule has 3 rings (SSSR count). The molecule has 0 bridgehead atoms. The topological polar surface area (TPSA) is 72.4 Å². The minimum Gasteiger partial charge on any atom is -1.00 e. The van der Waals surface area contributed by atoms with Gasteiger partial charge in [0.2, 0.25) is 0 Å². The van der Waals surface area contributed by atoms with Crippen molar-refractivity contribution in [2.24, 2.45) is 17.3 Å². The van der Waals surface area contributed by atoms with Gasteiger partial charge in [0.25, 0.3) is 0 Å². The van der Waals surface area contributed by atoms with Gasteiger partial charge in [-0.05, 0) is 18.2 Å². The second-order valence-corrected chi connectivity index (χ2v) is 4.99. The lowest BCUT2D eigenvalue weighted by Crippen LogP contribution is -3.00. The first-order chi connectivity index (χ1) is 10.7. The molecule has 0 amide bonds. The molecular formula is C16H17ClN6. The number of aryl methyl sites for hydroxylation is 1. The maximum Gasteiger partial charge on any atom is 0.173 e. The molecule has 6 nitrogen and oxygen atoms in total. The van der Waals surface area contributed by atoms with Crippen LogP contribution < -0.4 is 22.7 Å². The highest BCUT2D eigenvalue weighted by Crippen LogP contribution is 2.24. The molecule has 2 aromatic heterocycles. The number of nitrogens with zero attached hydrogens (tertiary/aromatic N) is 5. The van der Waals surface area contributed by atoms with Crippen LogP contribution in [0.5, 0.6) is 0 Å². The van der Waals surface area contributed by atoms with Crippen LogP contribution in [0.2, 0.25) is 0 Å². The summed E-state index contributed by atoms with van der Waals surface area (Å²) >= 11 is 0. The molecule has 0 aliphatic carbocycles. The Kier molecular flexibility index (Phi) is 5.43. The van der Waals surface area contributed by atoms with Crippen molar-refractivity contribution in [1.82, 2.24) is 9.78 Å². The molecular weight excluding hydrogens is 312 g/mol. The number of benzene rings is 1. The first-order valence-corrected chi connectivity index (χ1v) is 6.94. The van der Waals surface area contributed by atoms with Gasteiger partial charge in [0.05, 0.1) is 18.4 Å². The van der Waals surface area contributed by atoms with Crippen molar-refractivity contribution in [3.8, 4) is 0 Å². The maximum atomic E-state index is 6.09. The highest BCUT2D eigenvalue weighted by molar-refractivity contribution is 5.56. The Bertz CT molecular complexity index is 797. The summed E-state index contributed by atoms with van der Waals surface area (Å²) in [7, 11) is 1.98. The summed E-state index contributed by atoms with van der Waals surface area (Å²) in [6, 6.07) is 13.6. The van der Waals surface area contributed by atoms with Crippen LogP contribution >= 0.6 is 0 Å². The van der Waals surface area contributed by atoms with E-state index in [1.54, 1.807) is 10.9 Å². The first-order valence-electron chi connectivity index (χ1n) is 6.94. The fourth-order valence-corrected chi connectivity index (χ4v) is 2.11. The van der Waals surface area contributed by atoms with Crippen molar-refractivity contribution in [2.75, 3.05) is 5.73 Å². The Morgan fingerprint density at radius 2 is 1.91 bits per heavy atom. The molecule has 2 N–H and O–H groups in total. The van der Waals surface area contributed by atoms with Crippen molar-refractivity contribution in [3.05, 3.63) is 66.6 Å². The molecule has 0 spiro atoms. The largest absolute Gasteiger partial charge is 1.00 e. The van der Waals surface area contributed by atoms with E-state index in [1.807, 2.05) is 66.5 Å². The van der Waals surface area contributed by atoms with Crippen LogP contribution in [0.25, 0.3) is 0 Å². The number of pyridine rings is 1. The molecule has 0 fully saturated rings. The van der Waals surface area contributed by atoms with E-state index in [0.717, 1.165) is 11.3 Å². The van der Waals surface area contributed by atoms with E-state index < -0.39 is 0 Å². The van der Waals surface area contributed by atoms with Crippen molar-refractivity contribution < 1.29 is 17.0 Å². The van der Waals surface area contributed by atoms with Gasteiger partial charge in [-0.25, -0.2) is 9.25 Å². The third-order valence-electron chi connectivity index (χ3n) is 3.22. The fraction of sp³-hybridized carbons (Fsp3) is 0.125. The van der Waals surface area contributed by atoms with E-state index in [9.17, 15) is 0 Å². The van der Waals surface area contributed by atoms with E-state index in [2.05, 4.69) is 15.3 Å². The average Bonchev–Trinajstić information content (AvgIpc) is 2.87. The highest BCUT2D eigenvalue weighted by Gasteiger charge is 2.08. The number of anilines is 1. The zero-order chi connectivity index (χ0) is 15.4. The van der Waals surface area contributed by atoms with Gasteiger partial charge >= 0.3 is 0 Å². The molecule has 0 aliphatic heterocycles. The molecule has 7 heteroatoms. The van der Waals surface area contributed by atoms with Crippen molar-refractivity contribution in [2.45, 2.75) is 6.54 Å². The number of hydrogen-bond acceptors (Lipinski definition) is 4. The standard InChI is InChI=1S/C16H17N6.ClH/c1-21-9-5-6-13(11-21)12-22-16(17)15(10-18-22)20-19-14-7-3-2-4-8-14;/h2-11H,12,17H2,1H3;1H/q+1;/p-1. The van der Waals surface area contributed by atoms with Gasteiger partial charge in [-0.3, -0.25) is 0 Å². The predicted octanol–water partition coefficient (Wildman–Crippen LogP) is -0.242. The second kappa shape index (κ2) is 7.51. The molecule has 2 heterocycles. The summed E-state index contributed by atoms with van der Waals surface area (Å²) in [5.41, 5.74) is 8.57. The fourth-order valence-electron chi connectivity index (χ4n) is 2.11. The maximum absolute atomic E-state index is 6.09. The number of nitrogens with two attached hydrogens (primary N) is 1. The monoisotopic (exact) mass is 328 g/mol.